The number of methoxy groups -OCH3 is 2. The zero-order valence-electron chi connectivity index (χ0n) is 59.5. The van der Waals surface area contributed by atoms with Crippen molar-refractivity contribution in [2.45, 2.75) is 254 Å². The number of alkyl carbamates (subject to hydrolysis) is 3. The van der Waals surface area contributed by atoms with Gasteiger partial charge in [0.1, 0.15) is 37.6 Å². The number of esters is 1. The molecule has 0 spiro atoms. The summed E-state index contributed by atoms with van der Waals surface area (Å²) in [6.45, 7) is 25.9. The number of allylic oxidation sites excluding steroid dienone is 1. The highest BCUT2D eigenvalue weighted by molar-refractivity contribution is 5.84. The molecule has 4 aliphatic carbocycles. The van der Waals surface area contributed by atoms with Gasteiger partial charge in [0.15, 0.2) is 0 Å². The molecule has 3 saturated carbocycles. The smallest absolute Gasteiger partial charge is 0.407 e. The number of amides is 6. The molecule has 7 rings (SSSR count). The molecule has 6 unspecified atom stereocenters. The maximum Gasteiger partial charge on any atom is 0.407 e. The second-order valence-corrected chi connectivity index (χ2v) is 28.5. The van der Waals surface area contributed by atoms with Crippen molar-refractivity contribution in [2.75, 3.05) is 79.7 Å². The van der Waals surface area contributed by atoms with Gasteiger partial charge in [0.2, 0.25) is 24.1 Å². The molecule has 0 bridgehead atoms. The lowest BCUT2D eigenvalue weighted by Crippen LogP contribution is -2.50. The highest BCUT2D eigenvalue weighted by Crippen LogP contribution is 2.67. The number of unbranched alkanes of at least 4 members (excludes halogenated alkanes) is 5. The van der Waals surface area contributed by atoms with E-state index in [4.69, 9.17) is 24.2 Å². The van der Waals surface area contributed by atoms with E-state index in [1.54, 1.807) is 14.7 Å². The molecule has 23 heteroatoms. The van der Waals surface area contributed by atoms with E-state index < -0.39 is 36.8 Å². The third kappa shape index (κ3) is 22.5. The second kappa shape index (κ2) is 39.0. The highest BCUT2D eigenvalue weighted by atomic mass is 16.7. The largest absolute Gasteiger partial charge is 0.460 e. The number of nitriles is 1. The summed E-state index contributed by atoms with van der Waals surface area (Å²) < 4.78 is 32.4. The van der Waals surface area contributed by atoms with Gasteiger partial charge in [0.05, 0.1) is 58.5 Å². The minimum atomic E-state index is -0.670. The first-order valence-electron chi connectivity index (χ1n) is 35.7. The van der Waals surface area contributed by atoms with E-state index in [1.807, 2.05) is 13.8 Å². The number of ketones is 1. The third-order valence-corrected chi connectivity index (χ3v) is 21.9. The molecule has 14 atom stereocenters. The molecular weight excluding hydrogens is 1200 g/mol. The van der Waals surface area contributed by atoms with Gasteiger partial charge in [-0.05, 0) is 140 Å². The molecule has 0 aromatic heterocycles. The Bertz CT molecular complexity index is 2520. The standard InChI is InChI=1S/C36H60N2O4.C20H36N4O5.C15H24N2O6/c1-5-7-8-9-10-11-12-26-14-16-30-29-15-13-27-21-28(17-19-36(27,4)31(29)18-20-35(26,30)3)42-34(41)37-22-33(40)38-23-25(6-2)32(39)24-38;1-7-16-12-23(18(25)11-22-19(26)27-6)13-17(16)29-20(28-10-8-9-21)24(14(2)3)15(4)5;1-4-11-8-17(13(19)7-16-15(21)22-3)9-12(11)23-14(20)6-5-10(2)18/h13,25-26,28-32,39H,5-12,14-24H2,1-4H3,(H,37,41);14-17,20H,7-8,10-13H2,1-6H3,(H,22,26);11-12H,4-9H2,1-3H3,(H,16,21)/t25-,26?,28?,29?,30?,31?,32+,35-,36+;16-,17+,20?;11-,12+/m111/s1. The summed E-state index contributed by atoms with van der Waals surface area (Å²) in [6, 6.07) is 2.46. The number of likely N-dealkylation sites (tertiary alicyclic amines) is 3. The zero-order chi connectivity index (χ0) is 69.3. The summed E-state index contributed by atoms with van der Waals surface area (Å²) in [6.07, 6.45) is 21.5. The molecule has 4 N–H and O–H groups in total. The van der Waals surface area contributed by atoms with E-state index in [2.05, 4.69) is 97.9 Å². The third-order valence-electron chi connectivity index (χ3n) is 21.9. The predicted octanol–water partition coefficient (Wildman–Crippen LogP) is 10.1. The highest BCUT2D eigenvalue weighted by Gasteiger charge is 2.58. The van der Waals surface area contributed by atoms with Crippen LogP contribution in [0.5, 0.6) is 0 Å². The molecule has 23 nitrogen and oxygen atoms in total. The Morgan fingerprint density at radius 2 is 1.22 bits per heavy atom. The van der Waals surface area contributed by atoms with Crippen LogP contribution < -0.4 is 16.0 Å². The van der Waals surface area contributed by atoms with Crippen molar-refractivity contribution in [2.24, 2.45) is 52.3 Å². The maximum absolute atomic E-state index is 12.6. The summed E-state index contributed by atoms with van der Waals surface area (Å²) in [5.74, 6) is 2.65. The van der Waals surface area contributed by atoms with Crippen molar-refractivity contribution in [3.8, 4) is 6.07 Å². The number of hydrogen-bond acceptors (Lipinski definition) is 17. The van der Waals surface area contributed by atoms with Crippen LogP contribution in [0.3, 0.4) is 0 Å². The SMILES string of the molecule is CCCCCCCCC1CCC2C3CC=C4CC(OC(=O)NCC(=O)N5C[C@@H](CC)[C@@H](O)C5)CC[C@]4(C)C3CC[C@]12C.CC[C@@H]1CN(C(=O)CNC(=O)OC)C[C@@H]1OC(=O)CCC(C)=O.CC[C@@H]1CN(C(=O)CNC(=O)OC)C[C@@H]1OC(OCCC#N)N(C(C)C)C(C)C. The number of β-amino-alcohol motifs (C(OH)–C–C–N with tert-alkyl or cyclic N) is 1. The van der Waals surface area contributed by atoms with Crippen LogP contribution in [-0.2, 0) is 52.4 Å². The quantitative estimate of drug-likeness (QED) is 0.0178. The van der Waals surface area contributed by atoms with E-state index in [-0.39, 0.29) is 123 Å². The van der Waals surface area contributed by atoms with E-state index in [1.165, 1.54) is 104 Å². The molecule has 6 amide bonds. The fraction of sp³-hybridized carbons (Fsp3) is 0.845. The number of aliphatic hydroxyl groups is 1. The lowest BCUT2D eigenvalue weighted by Gasteiger charge is -2.58. The van der Waals surface area contributed by atoms with Gasteiger partial charge in [-0.15, -0.1) is 0 Å². The van der Waals surface area contributed by atoms with E-state index in [0.717, 1.165) is 62.2 Å². The van der Waals surface area contributed by atoms with Crippen LogP contribution in [-0.4, -0.2) is 195 Å². The van der Waals surface area contributed by atoms with E-state index >= 15 is 0 Å². The van der Waals surface area contributed by atoms with Gasteiger partial charge in [-0.1, -0.05) is 91.7 Å². The first-order chi connectivity index (χ1) is 44.8. The number of rotatable bonds is 29. The van der Waals surface area contributed by atoms with E-state index in [0.29, 0.717) is 44.7 Å². The summed E-state index contributed by atoms with van der Waals surface area (Å²) in [4.78, 5) is 102. The van der Waals surface area contributed by atoms with Crippen LogP contribution in [0, 0.1) is 63.6 Å². The van der Waals surface area contributed by atoms with Gasteiger partial charge < -0.3 is 69.0 Å². The predicted molar refractivity (Wildman–Crippen MR) is 356 cm³/mol. The van der Waals surface area contributed by atoms with Crippen molar-refractivity contribution < 1.29 is 71.9 Å². The summed E-state index contributed by atoms with van der Waals surface area (Å²) in [5.41, 5.74) is 2.29. The number of Topliss-reactive ketones (excluding diaryl/α,β-unsaturated/α-hetero) is 1. The number of carbonyl (C=O) groups is 8. The normalized spacial score (nSPS) is 28.7. The Hall–Kier alpha value is -5.57. The molecule has 0 radical (unpaired) electrons. The van der Waals surface area contributed by atoms with Crippen molar-refractivity contribution in [1.29, 1.82) is 5.26 Å². The Balaban J connectivity index is 0.000000270. The maximum atomic E-state index is 12.6. The molecule has 0 aromatic rings. The van der Waals surface area contributed by atoms with Crippen molar-refractivity contribution >= 4 is 47.8 Å². The number of nitrogens with one attached hydrogen (secondary N) is 3. The monoisotopic (exact) mass is 1320 g/mol. The summed E-state index contributed by atoms with van der Waals surface area (Å²) in [5, 5.41) is 26.4. The van der Waals surface area contributed by atoms with Crippen LogP contribution in [0.2, 0.25) is 0 Å². The van der Waals surface area contributed by atoms with Gasteiger partial charge in [0, 0.05) is 75.4 Å². The number of hydrogen-bond donors (Lipinski definition) is 4. The molecule has 94 heavy (non-hydrogen) atoms. The number of aliphatic hydroxyl groups excluding tert-OH is 1. The first-order valence-corrected chi connectivity index (χ1v) is 35.7. The Kier molecular flexibility index (Phi) is 32.8. The number of ether oxygens (including phenoxy) is 6. The minimum absolute atomic E-state index is 0.0540. The molecular formula is C71H120N8O15. The molecule has 6 fully saturated rings. The lowest BCUT2D eigenvalue weighted by atomic mass is 9.47. The number of carbonyl (C=O) groups excluding carboxylic acids is 8. The van der Waals surface area contributed by atoms with Gasteiger partial charge >= 0.3 is 24.2 Å². The summed E-state index contributed by atoms with van der Waals surface area (Å²) >= 11 is 0. The van der Waals surface area contributed by atoms with Crippen LogP contribution in [0.4, 0.5) is 14.4 Å². The lowest BCUT2D eigenvalue weighted by molar-refractivity contribution is -0.262. The number of fused-ring (bicyclic) bond motifs is 5. The van der Waals surface area contributed by atoms with Crippen LogP contribution in [0.1, 0.15) is 211 Å². The number of nitrogens with zero attached hydrogens (tertiary/aromatic N) is 5. The molecule has 3 aliphatic heterocycles. The minimum Gasteiger partial charge on any atom is -0.460 e. The molecule has 3 saturated heterocycles. The topological polar surface area (TPSA) is 285 Å². The molecule has 534 valence electrons. The van der Waals surface area contributed by atoms with Crippen LogP contribution >= 0.6 is 0 Å². The Morgan fingerprint density at radius 3 is 1.78 bits per heavy atom. The second-order valence-electron chi connectivity index (χ2n) is 28.5. The summed E-state index contributed by atoms with van der Waals surface area (Å²) in [7, 11) is 2.48. The Labute approximate surface area is 561 Å². The zero-order valence-corrected chi connectivity index (χ0v) is 59.5. The average Bonchev–Trinajstić information content (AvgIpc) is 1.29. The fourth-order valence-electron chi connectivity index (χ4n) is 16.4. The Morgan fingerprint density at radius 1 is 0.670 bits per heavy atom. The van der Waals surface area contributed by atoms with Gasteiger partial charge in [0.25, 0.3) is 0 Å². The van der Waals surface area contributed by atoms with E-state index in [9.17, 15) is 43.5 Å². The van der Waals surface area contributed by atoms with Crippen molar-refractivity contribution in [3.05, 3.63) is 11.6 Å². The van der Waals surface area contributed by atoms with Crippen molar-refractivity contribution in [3.63, 3.8) is 0 Å². The fourth-order valence-corrected chi connectivity index (χ4v) is 16.4. The van der Waals surface area contributed by atoms with Crippen LogP contribution in [0.25, 0.3) is 0 Å². The average molecular weight is 1330 g/mol. The molecule has 7 aliphatic rings. The molecule has 3 heterocycles. The van der Waals surface area contributed by atoms with Gasteiger partial charge in [-0.3, -0.25) is 24.1 Å². The molecule has 0 aromatic carbocycles. The van der Waals surface area contributed by atoms with Crippen LogP contribution in [0.15, 0.2) is 11.6 Å². The van der Waals surface area contributed by atoms with Crippen molar-refractivity contribution in [1.82, 2.24) is 35.6 Å². The first kappa shape index (κ1) is 79.1. The van der Waals surface area contributed by atoms with Gasteiger partial charge in [-0.2, -0.15) is 5.26 Å². The van der Waals surface area contributed by atoms with Gasteiger partial charge in [-0.25, -0.2) is 14.4 Å².